The Labute approximate surface area is 89.4 Å². The third-order valence-electron chi connectivity index (χ3n) is 2.08. The first-order chi connectivity index (χ1) is 7.24. The first kappa shape index (κ1) is 11.5. The van der Waals surface area contributed by atoms with Gasteiger partial charge in [-0.3, -0.25) is 4.79 Å². The van der Waals surface area contributed by atoms with E-state index in [0.29, 0.717) is 6.61 Å². The van der Waals surface area contributed by atoms with Crippen molar-refractivity contribution >= 4 is 11.6 Å². The number of anilines is 1. The summed E-state index contributed by atoms with van der Waals surface area (Å²) < 4.78 is 5.18. The Bertz CT molecular complexity index is 326. The molecule has 0 saturated heterocycles. The zero-order chi connectivity index (χ0) is 11.1. The highest BCUT2D eigenvalue weighted by Gasteiger charge is 1.99. The van der Waals surface area contributed by atoms with Gasteiger partial charge in [0.2, 0.25) is 5.91 Å². The third-order valence-corrected chi connectivity index (χ3v) is 2.08. The summed E-state index contributed by atoms with van der Waals surface area (Å²) in [5, 5.41) is 2.49. The monoisotopic (exact) mass is 208 g/mol. The lowest BCUT2D eigenvalue weighted by atomic mass is 10.1. The zero-order valence-electron chi connectivity index (χ0n) is 8.82. The summed E-state index contributed by atoms with van der Waals surface area (Å²) in [5.74, 6) is -0.115. The number of nitrogen functional groups attached to an aromatic ring is 1. The van der Waals surface area contributed by atoms with Gasteiger partial charge in [-0.1, -0.05) is 18.2 Å². The van der Waals surface area contributed by atoms with E-state index in [0.717, 1.165) is 17.7 Å². The van der Waals surface area contributed by atoms with Crippen molar-refractivity contribution in [2.75, 3.05) is 26.0 Å². The van der Waals surface area contributed by atoms with E-state index in [1.54, 1.807) is 7.05 Å². The molecule has 4 heteroatoms. The second-order valence-electron chi connectivity index (χ2n) is 3.17. The lowest BCUT2D eigenvalue weighted by Crippen LogP contribution is -2.23. The first-order valence-corrected chi connectivity index (χ1v) is 4.85. The second-order valence-corrected chi connectivity index (χ2v) is 3.17. The average Bonchev–Trinajstić information content (AvgIpc) is 2.26. The smallest absolute Gasteiger partial charge is 0.245 e. The molecule has 0 atom stereocenters. The molecule has 0 unspecified atom stereocenters. The third kappa shape index (κ3) is 3.99. The molecule has 0 radical (unpaired) electrons. The number of nitrogens with one attached hydrogen (secondary N) is 1. The normalized spacial score (nSPS) is 9.93. The minimum absolute atomic E-state index is 0.100. The maximum absolute atomic E-state index is 10.8. The fourth-order valence-electron chi connectivity index (χ4n) is 1.18. The van der Waals surface area contributed by atoms with Crippen molar-refractivity contribution in [3.05, 3.63) is 29.8 Å². The molecule has 0 heterocycles. The lowest BCUT2D eigenvalue weighted by molar-refractivity contribution is -0.125. The summed E-state index contributed by atoms with van der Waals surface area (Å²) in [6, 6.07) is 7.64. The van der Waals surface area contributed by atoms with E-state index in [1.165, 1.54) is 0 Å². The molecule has 4 nitrogen and oxygen atoms in total. The number of carbonyl (C=O) groups excluding carboxylic acids is 1. The Morgan fingerprint density at radius 1 is 1.47 bits per heavy atom. The van der Waals surface area contributed by atoms with E-state index >= 15 is 0 Å². The molecule has 1 aromatic rings. The van der Waals surface area contributed by atoms with Gasteiger partial charge in [0.05, 0.1) is 6.61 Å². The number of amides is 1. The van der Waals surface area contributed by atoms with E-state index < -0.39 is 0 Å². The molecule has 82 valence electrons. The molecule has 0 bridgehead atoms. The predicted molar refractivity (Wildman–Crippen MR) is 59.4 cm³/mol. The van der Waals surface area contributed by atoms with Crippen LogP contribution in [0.2, 0.25) is 0 Å². The topological polar surface area (TPSA) is 64.3 Å². The van der Waals surface area contributed by atoms with Gasteiger partial charge in [0.1, 0.15) is 6.61 Å². The molecule has 3 N–H and O–H groups in total. The van der Waals surface area contributed by atoms with Crippen LogP contribution in [0.3, 0.4) is 0 Å². The summed E-state index contributed by atoms with van der Waals surface area (Å²) in [4.78, 5) is 10.8. The fraction of sp³-hybridized carbons (Fsp3) is 0.364. The Morgan fingerprint density at radius 2 is 2.20 bits per heavy atom. The molecule has 1 rings (SSSR count). The molecule has 0 spiro atoms. The number of likely N-dealkylation sites (N-methyl/N-ethyl adjacent to an activating group) is 1. The maximum Gasteiger partial charge on any atom is 0.245 e. The predicted octanol–water partition coefficient (Wildman–Crippen LogP) is 0.574. The molecule has 0 aliphatic heterocycles. The van der Waals surface area contributed by atoms with Gasteiger partial charge in [0.15, 0.2) is 0 Å². The van der Waals surface area contributed by atoms with Crippen LogP contribution in [0.4, 0.5) is 5.69 Å². The number of carbonyl (C=O) groups is 1. The van der Waals surface area contributed by atoms with Crippen LogP contribution in [0.1, 0.15) is 5.56 Å². The van der Waals surface area contributed by atoms with Gasteiger partial charge in [-0.15, -0.1) is 0 Å². The fourth-order valence-corrected chi connectivity index (χ4v) is 1.18. The number of benzene rings is 1. The van der Waals surface area contributed by atoms with Crippen molar-refractivity contribution in [1.82, 2.24) is 5.32 Å². The summed E-state index contributed by atoms with van der Waals surface area (Å²) in [5.41, 5.74) is 7.57. The number of rotatable bonds is 5. The van der Waals surface area contributed by atoms with Gasteiger partial charge < -0.3 is 15.8 Å². The maximum atomic E-state index is 10.8. The van der Waals surface area contributed by atoms with Crippen molar-refractivity contribution < 1.29 is 9.53 Å². The highest BCUT2D eigenvalue weighted by Crippen LogP contribution is 2.10. The van der Waals surface area contributed by atoms with Gasteiger partial charge in [0.25, 0.3) is 0 Å². The second kappa shape index (κ2) is 6.03. The summed E-state index contributed by atoms with van der Waals surface area (Å²) in [6.07, 6.45) is 0.726. The van der Waals surface area contributed by atoms with Gasteiger partial charge in [-0.05, 0) is 18.1 Å². The number of hydrogen-bond acceptors (Lipinski definition) is 3. The Morgan fingerprint density at radius 3 is 2.87 bits per heavy atom. The van der Waals surface area contributed by atoms with Gasteiger partial charge in [-0.25, -0.2) is 0 Å². The number of hydrogen-bond donors (Lipinski definition) is 2. The van der Waals surface area contributed by atoms with E-state index in [2.05, 4.69) is 5.32 Å². The number of nitrogens with two attached hydrogens (primary N) is 1. The molecular formula is C11H16N2O2. The molecule has 15 heavy (non-hydrogen) atoms. The first-order valence-electron chi connectivity index (χ1n) is 4.85. The number of para-hydroxylation sites is 1. The van der Waals surface area contributed by atoms with Gasteiger partial charge >= 0.3 is 0 Å². The van der Waals surface area contributed by atoms with Gasteiger partial charge in [0, 0.05) is 12.7 Å². The SMILES string of the molecule is CNC(=O)COCCc1ccccc1N. The molecule has 0 saturated carbocycles. The zero-order valence-corrected chi connectivity index (χ0v) is 8.82. The van der Waals surface area contributed by atoms with Crippen LogP contribution in [-0.2, 0) is 16.0 Å². The Kier molecular flexibility index (Phi) is 4.63. The van der Waals surface area contributed by atoms with Crippen molar-refractivity contribution in [3.63, 3.8) is 0 Å². The van der Waals surface area contributed by atoms with Crippen molar-refractivity contribution in [2.24, 2.45) is 0 Å². The van der Waals surface area contributed by atoms with Crippen LogP contribution in [0, 0.1) is 0 Å². The molecule has 0 aliphatic carbocycles. The lowest BCUT2D eigenvalue weighted by Gasteiger charge is -2.05. The van der Waals surface area contributed by atoms with Crippen LogP contribution in [-0.4, -0.2) is 26.2 Å². The van der Waals surface area contributed by atoms with Crippen LogP contribution in [0.5, 0.6) is 0 Å². The van der Waals surface area contributed by atoms with Crippen LogP contribution >= 0.6 is 0 Å². The minimum Gasteiger partial charge on any atom is -0.399 e. The molecule has 1 amide bonds. The average molecular weight is 208 g/mol. The number of ether oxygens (including phenoxy) is 1. The standard InChI is InChI=1S/C11H16N2O2/c1-13-11(14)8-15-7-6-9-4-2-3-5-10(9)12/h2-5H,6-8,12H2,1H3,(H,13,14). The summed E-state index contributed by atoms with van der Waals surface area (Å²) in [7, 11) is 1.58. The van der Waals surface area contributed by atoms with Crippen LogP contribution in [0.25, 0.3) is 0 Å². The molecule has 0 fully saturated rings. The molecular weight excluding hydrogens is 192 g/mol. The van der Waals surface area contributed by atoms with Crippen LogP contribution in [0.15, 0.2) is 24.3 Å². The van der Waals surface area contributed by atoms with E-state index in [4.69, 9.17) is 10.5 Å². The van der Waals surface area contributed by atoms with Crippen molar-refractivity contribution in [1.29, 1.82) is 0 Å². The molecule has 1 aromatic carbocycles. The quantitative estimate of drug-likeness (QED) is 0.549. The van der Waals surface area contributed by atoms with Crippen molar-refractivity contribution in [3.8, 4) is 0 Å². The van der Waals surface area contributed by atoms with Crippen LogP contribution < -0.4 is 11.1 Å². The largest absolute Gasteiger partial charge is 0.399 e. The Balaban J connectivity index is 2.26. The van der Waals surface area contributed by atoms with Crippen molar-refractivity contribution in [2.45, 2.75) is 6.42 Å². The highest BCUT2D eigenvalue weighted by atomic mass is 16.5. The minimum atomic E-state index is -0.115. The Hall–Kier alpha value is -1.55. The summed E-state index contributed by atoms with van der Waals surface area (Å²) in [6.45, 7) is 0.602. The van der Waals surface area contributed by atoms with E-state index in [1.807, 2.05) is 24.3 Å². The van der Waals surface area contributed by atoms with E-state index in [-0.39, 0.29) is 12.5 Å². The van der Waals surface area contributed by atoms with Gasteiger partial charge in [-0.2, -0.15) is 0 Å². The summed E-state index contributed by atoms with van der Waals surface area (Å²) >= 11 is 0. The van der Waals surface area contributed by atoms with E-state index in [9.17, 15) is 4.79 Å². The molecule has 0 aromatic heterocycles. The molecule has 0 aliphatic rings. The highest BCUT2D eigenvalue weighted by molar-refractivity contribution is 5.76.